The first kappa shape index (κ1) is 16.1. The van der Waals surface area contributed by atoms with Gasteiger partial charge in [0.15, 0.2) is 5.82 Å². The molecule has 1 atom stereocenters. The molecule has 25 heavy (non-hydrogen) atoms. The molecule has 0 radical (unpaired) electrons. The second-order valence-electron chi connectivity index (χ2n) is 7.28. The Hall–Kier alpha value is -2.44. The molecule has 7 heteroatoms. The molecule has 2 aromatic heterocycles. The topological polar surface area (TPSA) is 67.2 Å². The van der Waals surface area contributed by atoms with Gasteiger partial charge in [0.2, 0.25) is 5.91 Å². The van der Waals surface area contributed by atoms with Gasteiger partial charge in [-0.2, -0.15) is 10.2 Å². The highest BCUT2D eigenvalue weighted by Crippen LogP contribution is 2.48. The van der Waals surface area contributed by atoms with Crippen molar-refractivity contribution in [2.75, 3.05) is 25.0 Å². The lowest BCUT2D eigenvalue weighted by Crippen LogP contribution is -2.54. The van der Waals surface area contributed by atoms with Crippen LogP contribution in [0.1, 0.15) is 36.4 Å². The van der Waals surface area contributed by atoms with Crippen molar-refractivity contribution in [1.29, 1.82) is 0 Å². The maximum atomic E-state index is 12.5. The number of nitrogens with zero attached hydrogens (tertiary/aromatic N) is 6. The van der Waals surface area contributed by atoms with Gasteiger partial charge < -0.3 is 9.80 Å². The van der Waals surface area contributed by atoms with Crippen LogP contribution in [0.15, 0.2) is 24.5 Å². The number of aryl methyl sites for hydroxylation is 2. The standard InChI is InChI=1S/C18H24N6O/c1-13-4-5-16(21-20-13)24-8-6-18(7-9-24)15(10-17(25)23(18)3)14-11-19-22(2)12-14/h4-5,11-12,15H,6-10H2,1-3H3/t15-/m0/s1. The summed E-state index contributed by atoms with van der Waals surface area (Å²) in [5.41, 5.74) is 1.98. The molecule has 0 aliphatic carbocycles. The van der Waals surface area contributed by atoms with Gasteiger partial charge in [0, 0.05) is 45.7 Å². The molecule has 4 rings (SSSR count). The van der Waals surface area contributed by atoms with Crippen molar-refractivity contribution in [2.45, 2.75) is 37.6 Å². The monoisotopic (exact) mass is 340 g/mol. The number of piperidine rings is 1. The number of hydrogen-bond donors (Lipinski definition) is 0. The molecule has 2 saturated heterocycles. The van der Waals surface area contributed by atoms with Crippen LogP contribution in [0, 0.1) is 6.92 Å². The molecular weight excluding hydrogens is 316 g/mol. The van der Waals surface area contributed by atoms with Crippen LogP contribution < -0.4 is 4.90 Å². The zero-order chi connectivity index (χ0) is 17.6. The van der Waals surface area contributed by atoms with Crippen LogP contribution in [-0.2, 0) is 11.8 Å². The Morgan fingerprint density at radius 1 is 1.16 bits per heavy atom. The van der Waals surface area contributed by atoms with Crippen molar-refractivity contribution in [3.63, 3.8) is 0 Å². The molecule has 1 spiro atoms. The van der Waals surface area contributed by atoms with Crippen LogP contribution >= 0.6 is 0 Å². The van der Waals surface area contributed by atoms with E-state index in [2.05, 4.69) is 26.4 Å². The van der Waals surface area contributed by atoms with E-state index in [0.29, 0.717) is 6.42 Å². The molecule has 2 aromatic rings. The van der Waals surface area contributed by atoms with E-state index in [-0.39, 0.29) is 17.4 Å². The van der Waals surface area contributed by atoms with Crippen molar-refractivity contribution in [1.82, 2.24) is 24.9 Å². The number of hydrogen-bond acceptors (Lipinski definition) is 5. The minimum absolute atomic E-state index is 0.116. The smallest absolute Gasteiger partial charge is 0.223 e. The van der Waals surface area contributed by atoms with Gasteiger partial charge in [0.25, 0.3) is 0 Å². The Bertz CT molecular complexity index is 775. The molecule has 1 amide bonds. The number of carbonyl (C=O) groups excluding carboxylic acids is 1. The Morgan fingerprint density at radius 3 is 2.52 bits per heavy atom. The van der Waals surface area contributed by atoms with Gasteiger partial charge in [0.05, 0.1) is 17.4 Å². The molecule has 0 saturated carbocycles. The zero-order valence-corrected chi connectivity index (χ0v) is 15.0. The minimum Gasteiger partial charge on any atom is -0.355 e. The summed E-state index contributed by atoms with van der Waals surface area (Å²) < 4.78 is 1.82. The molecule has 2 aliphatic rings. The summed E-state index contributed by atoms with van der Waals surface area (Å²) in [4.78, 5) is 16.8. The quantitative estimate of drug-likeness (QED) is 0.829. The largest absolute Gasteiger partial charge is 0.355 e. The van der Waals surface area contributed by atoms with Crippen LogP contribution in [-0.4, -0.2) is 56.5 Å². The van der Waals surface area contributed by atoms with E-state index in [1.165, 1.54) is 5.56 Å². The fourth-order valence-corrected chi connectivity index (χ4v) is 4.40. The van der Waals surface area contributed by atoms with Crippen LogP contribution in [0.5, 0.6) is 0 Å². The highest BCUT2D eigenvalue weighted by Gasteiger charge is 2.53. The van der Waals surface area contributed by atoms with Crippen molar-refractivity contribution in [3.8, 4) is 0 Å². The van der Waals surface area contributed by atoms with E-state index in [9.17, 15) is 4.79 Å². The summed E-state index contributed by atoms with van der Waals surface area (Å²) in [7, 11) is 3.88. The third-order valence-corrected chi connectivity index (χ3v) is 5.93. The Labute approximate surface area is 147 Å². The van der Waals surface area contributed by atoms with Gasteiger partial charge in [0.1, 0.15) is 0 Å². The van der Waals surface area contributed by atoms with Crippen molar-refractivity contribution in [3.05, 3.63) is 35.8 Å². The molecule has 0 aromatic carbocycles. The molecule has 4 heterocycles. The van der Waals surface area contributed by atoms with Crippen LogP contribution in [0.3, 0.4) is 0 Å². The molecule has 2 aliphatic heterocycles. The Balaban J connectivity index is 1.58. The van der Waals surface area contributed by atoms with Crippen LogP contribution in [0.2, 0.25) is 0 Å². The maximum absolute atomic E-state index is 12.5. The molecule has 0 bridgehead atoms. The van der Waals surface area contributed by atoms with Gasteiger partial charge in [-0.25, -0.2) is 0 Å². The molecule has 0 N–H and O–H groups in total. The highest BCUT2D eigenvalue weighted by molar-refractivity contribution is 5.81. The van der Waals surface area contributed by atoms with E-state index in [1.807, 2.05) is 48.9 Å². The molecule has 7 nitrogen and oxygen atoms in total. The maximum Gasteiger partial charge on any atom is 0.223 e. The predicted molar refractivity (Wildman–Crippen MR) is 94.3 cm³/mol. The third-order valence-electron chi connectivity index (χ3n) is 5.93. The molecule has 0 unspecified atom stereocenters. The van der Waals surface area contributed by atoms with Gasteiger partial charge in [-0.3, -0.25) is 9.48 Å². The molecule has 132 valence electrons. The predicted octanol–water partition coefficient (Wildman–Crippen LogP) is 1.50. The second-order valence-corrected chi connectivity index (χ2v) is 7.28. The lowest BCUT2D eigenvalue weighted by Gasteiger charge is -2.46. The number of aromatic nitrogens is 4. The summed E-state index contributed by atoms with van der Waals surface area (Å²) in [6, 6.07) is 4.03. The van der Waals surface area contributed by atoms with E-state index in [1.54, 1.807) is 0 Å². The first-order valence-corrected chi connectivity index (χ1v) is 8.80. The van der Waals surface area contributed by atoms with Crippen molar-refractivity contribution >= 4 is 11.7 Å². The molecular formula is C18H24N6O. The normalized spacial score (nSPS) is 22.8. The first-order chi connectivity index (χ1) is 12.0. The Kier molecular flexibility index (Phi) is 3.74. The van der Waals surface area contributed by atoms with E-state index >= 15 is 0 Å². The second kappa shape index (κ2) is 5.82. The van der Waals surface area contributed by atoms with Gasteiger partial charge >= 0.3 is 0 Å². The summed E-state index contributed by atoms with van der Waals surface area (Å²) in [6.45, 7) is 3.71. The summed E-state index contributed by atoms with van der Waals surface area (Å²) in [5.74, 6) is 1.37. The summed E-state index contributed by atoms with van der Waals surface area (Å²) >= 11 is 0. The number of carbonyl (C=O) groups is 1. The fraction of sp³-hybridized carbons (Fsp3) is 0.556. The minimum atomic E-state index is -0.116. The van der Waals surface area contributed by atoms with Gasteiger partial charge in [-0.05, 0) is 37.5 Å². The fourth-order valence-electron chi connectivity index (χ4n) is 4.40. The van der Waals surface area contributed by atoms with Gasteiger partial charge in [-0.1, -0.05) is 0 Å². The number of amides is 1. The number of rotatable bonds is 2. The van der Waals surface area contributed by atoms with Gasteiger partial charge in [-0.15, -0.1) is 5.10 Å². The lowest BCUT2D eigenvalue weighted by molar-refractivity contribution is -0.130. The van der Waals surface area contributed by atoms with Crippen LogP contribution in [0.25, 0.3) is 0 Å². The number of likely N-dealkylation sites (tertiary alicyclic amines) is 1. The van der Waals surface area contributed by atoms with Crippen molar-refractivity contribution in [2.24, 2.45) is 7.05 Å². The average Bonchev–Trinajstić information content (AvgIpc) is 3.14. The summed E-state index contributed by atoms with van der Waals surface area (Å²) in [5, 5.41) is 12.8. The first-order valence-electron chi connectivity index (χ1n) is 8.80. The molecule has 2 fully saturated rings. The third kappa shape index (κ3) is 2.58. The number of likely N-dealkylation sites (N-methyl/N-ethyl adjacent to an activating group) is 1. The van der Waals surface area contributed by atoms with Crippen LogP contribution in [0.4, 0.5) is 5.82 Å². The number of anilines is 1. The van der Waals surface area contributed by atoms with E-state index < -0.39 is 0 Å². The zero-order valence-electron chi connectivity index (χ0n) is 15.0. The lowest BCUT2D eigenvalue weighted by atomic mass is 9.74. The Morgan fingerprint density at radius 2 is 1.92 bits per heavy atom. The highest BCUT2D eigenvalue weighted by atomic mass is 16.2. The SMILES string of the molecule is Cc1ccc(N2CCC3(CC2)[C@H](c2cnn(C)c2)CC(=O)N3C)nn1. The summed E-state index contributed by atoms with van der Waals surface area (Å²) in [6.07, 6.45) is 6.41. The van der Waals surface area contributed by atoms with E-state index in [4.69, 9.17) is 0 Å². The van der Waals surface area contributed by atoms with Crippen molar-refractivity contribution < 1.29 is 4.79 Å². The average molecular weight is 340 g/mol. The van der Waals surface area contributed by atoms with E-state index in [0.717, 1.165) is 37.4 Å².